The molecule has 0 heterocycles. The van der Waals surface area contributed by atoms with Crippen LogP contribution in [0.4, 0.5) is 5.69 Å². The Labute approximate surface area is 129 Å². The van der Waals surface area contributed by atoms with Crippen molar-refractivity contribution in [3.05, 3.63) is 29.8 Å². The molecule has 21 heavy (non-hydrogen) atoms. The number of carbonyl (C=O) groups is 1. The highest BCUT2D eigenvalue weighted by molar-refractivity contribution is 5.99. The monoisotopic (exact) mass is 291 g/mol. The maximum absolute atomic E-state index is 12.8. The molecule has 0 fully saturated rings. The van der Waals surface area contributed by atoms with Gasteiger partial charge in [0.15, 0.2) is 0 Å². The zero-order valence-electron chi connectivity index (χ0n) is 14.0. The number of benzene rings is 1. The van der Waals surface area contributed by atoms with Gasteiger partial charge in [0, 0.05) is 31.4 Å². The molecule has 0 bridgehead atoms. The summed E-state index contributed by atoms with van der Waals surface area (Å²) in [5, 5.41) is 3.36. The third-order valence-electron chi connectivity index (χ3n) is 3.20. The molecule has 1 aromatic rings. The smallest absolute Gasteiger partial charge is 0.255 e. The van der Waals surface area contributed by atoms with Gasteiger partial charge in [0.25, 0.3) is 5.91 Å². The summed E-state index contributed by atoms with van der Waals surface area (Å²) in [5.41, 5.74) is 1.68. The molecule has 0 aliphatic carbocycles. The maximum atomic E-state index is 12.8. The number of hydrogen-bond acceptors (Lipinski definition) is 3. The average Bonchev–Trinajstić information content (AvgIpc) is 2.42. The number of anilines is 1. The van der Waals surface area contributed by atoms with E-state index in [4.69, 9.17) is 0 Å². The molecule has 4 heteroatoms. The Morgan fingerprint density at radius 3 is 2.38 bits per heavy atom. The number of para-hydroxylation sites is 1. The lowest BCUT2D eigenvalue weighted by Crippen LogP contribution is -2.37. The van der Waals surface area contributed by atoms with Crippen molar-refractivity contribution in [3.63, 3.8) is 0 Å². The van der Waals surface area contributed by atoms with Crippen LogP contribution in [0, 0.1) is 0 Å². The van der Waals surface area contributed by atoms with Gasteiger partial charge < -0.3 is 15.1 Å². The molecule has 1 amide bonds. The van der Waals surface area contributed by atoms with Gasteiger partial charge in [0.2, 0.25) is 0 Å². The van der Waals surface area contributed by atoms with Crippen molar-refractivity contribution in [3.8, 4) is 0 Å². The van der Waals surface area contributed by atoms with E-state index < -0.39 is 0 Å². The fourth-order valence-electron chi connectivity index (χ4n) is 2.18. The van der Waals surface area contributed by atoms with Crippen LogP contribution >= 0.6 is 0 Å². The van der Waals surface area contributed by atoms with Crippen LogP contribution in [0.5, 0.6) is 0 Å². The van der Waals surface area contributed by atoms with Gasteiger partial charge in [-0.05, 0) is 46.5 Å². The molecule has 4 nitrogen and oxygen atoms in total. The topological polar surface area (TPSA) is 35.6 Å². The summed E-state index contributed by atoms with van der Waals surface area (Å²) in [6.07, 6.45) is 0.971. The number of likely N-dealkylation sites (N-methyl/N-ethyl adjacent to an activating group) is 1. The number of carbonyl (C=O) groups excluding carboxylic acids is 1. The SMILES string of the molecule is CCCN(CCN(C)C)C(=O)c1ccccc1NC(C)C. The van der Waals surface area contributed by atoms with E-state index in [-0.39, 0.29) is 5.91 Å². The quantitative estimate of drug-likeness (QED) is 0.800. The number of amides is 1. The lowest BCUT2D eigenvalue weighted by molar-refractivity contribution is 0.0746. The lowest BCUT2D eigenvalue weighted by Gasteiger charge is -2.25. The van der Waals surface area contributed by atoms with E-state index in [2.05, 4.69) is 31.0 Å². The molecule has 1 aromatic carbocycles. The molecule has 0 saturated heterocycles. The van der Waals surface area contributed by atoms with Crippen LogP contribution in [0.3, 0.4) is 0 Å². The highest BCUT2D eigenvalue weighted by atomic mass is 16.2. The first-order valence-corrected chi connectivity index (χ1v) is 7.75. The first-order valence-electron chi connectivity index (χ1n) is 7.75. The van der Waals surface area contributed by atoms with Crippen LogP contribution < -0.4 is 5.32 Å². The summed E-state index contributed by atoms with van der Waals surface area (Å²) in [6, 6.07) is 8.08. The van der Waals surface area contributed by atoms with E-state index in [1.165, 1.54) is 0 Å². The van der Waals surface area contributed by atoms with Gasteiger partial charge in [0.05, 0.1) is 5.56 Å². The molecule has 0 spiro atoms. The summed E-state index contributed by atoms with van der Waals surface area (Å²) < 4.78 is 0. The third kappa shape index (κ3) is 5.76. The van der Waals surface area contributed by atoms with Crippen LogP contribution in [0.2, 0.25) is 0 Å². The van der Waals surface area contributed by atoms with Crippen molar-refractivity contribution in [1.82, 2.24) is 9.80 Å². The molecule has 0 atom stereocenters. The summed E-state index contributed by atoms with van der Waals surface area (Å²) in [4.78, 5) is 16.9. The van der Waals surface area contributed by atoms with Gasteiger partial charge in [-0.25, -0.2) is 0 Å². The predicted octanol–water partition coefficient (Wildman–Crippen LogP) is 2.92. The van der Waals surface area contributed by atoms with Gasteiger partial charge in [0.1, 0.15) is 0 Å². The van der Waals surface area contributed by atoms with E-state index in [9.17, 15) is 4.79 Å². The number of rotatable bonds is 8. The summed E-state index contributed by atoms with van der Waals surface area (Å²) in [7, 11) is 4.06. The van der Waals surface area contributed by atoms with E-state index in [0.717, 1.165) is 37.3 Å². The second-order valence-electron chi connectivity index (χ2n) is 5.94. The average molecular weight is 291 g/mol. The first-order chi connectivity index (χ1) is 9.95. The zero-order chi connectivity index (χ0) is 15.8. The standard InChI is InChI=1S/C17H29N3O/c1-6-11-20(13-12-19(4)5)17(21)15-9-7-8-10-16(15)18-14(2)3/h7-10,14,18H,6,11-13H2,1-5H3. The van der Waals surface area contributed by atoms with Crippen LogP contribution in [0.25, 0.3) is 0 Å². The highest BCUT2D eigenvalue weighted by Gasteiger charge is 2.18. The Bertz CT molecular complexity index is 443. The van der Waals surface area contributed by atoms with E-state index in [0.29, 0.717) is 6.04 Å². The Morgan fingerprint density at radius 1 is 1.14 bits per heavy atom. The molecule has 0 saturated carbocycles. The van der Waals surface area contributed by atoms with Crippen LogP contribution in [0.15, 0.2) is 24.3 Å². The van der Waals surface area contributed by atoms with Crippen LogP contribution in [-0.2, 0) is 0 Å². The molecule has 118 valence electrons. The summed E-state index contributed by atoms with van der Waals surface area (Å²) in [6.45, 7) is 8.70. The van der Waals surface area contributed by atoms with Gasteiger partial charge in [-0.1, -0.05) is 19.1 Å². The van der Waals surface area contributed by atoms with Crippen molar-refractivity contribution < 1.29 is 4.79 Å². The molecule has 0 aromatic heterocycles. The minimum absolute atomic E-state index is 0.113. The van der Waals surface area contributed by atoms with Gasteiger partial charge in [-0.15, -0.1) is 0 Å². The van der Waals surface area contributed by atoms with Crippen molar-refractivity contribution >= 4 is 11.6 Å². The van der Waals surface area contributed by atoms with Gasteiger partial charge in [-0.2, -0.15) is 0 Å². The van der Waals surface area contributed by atoms with Crippen molar-refractivity contribution in [2.75, 3.05) is 39.0 Å². The van der Waals surface area contributed by atoms with E-state index >= 15 is 0 Å². The minimum atomic E-state index is 0.113. The van der Waals surface area contributed by atoms with E-state index in [1.807, 2.05) is 43.3 Å². The summed E-state index contributed by atoms with van der Waals surface area (Å²) >= 11 is 0. The van der Waals surface area contributed by atoms with Gasteiger partial charge in [-0.3, -0.25) is 4.79 Å². The van der Waals surface area contributed by atoms with Crippen molar-refractivity contribution in [1.29, 1.82) is 0 Å². The maximum Gasteiger partial charge on any atom is 0.255 e. The predicted molar refractivity (Wildman–Crippen MR) is 89.9 cm³/mol. The molecule has 0 aliphatic rings. The zero-order valence-corrected chi connectivity index (χ0v) is 14.0. The largest absolute Gasteiger partial charge is 0.382 e. The molecular weight excluding hydrogens is 262 g/mol. The number of hydrogen-bond donors (Lipinski definition) is 1. The number of nitrogens with zero attached hydrogens (tertiary/aromatic N) is 2. The Kier molecular flexibility index (Phi) is 7.23. The van der Waals surface area contributed by atoms with Gasteiger partial charge >= 0.3 is 0 Å². The Hall–Kier alpha value is -1.55. The Morgan fingerprint density at radius 2 is 1.81 bits per heavy atom. The highest BCUT2D eigenvalue weighted by Crippen LogP contribution is 2.18. The third-order valence-corrected chi connectivity index (χ3v) is 3.20. The normalized spacial score (nSPS) is 11.0. The molecule has 0 aliphatic heterocycles. The first kappa shape index (κ1) is 17.5. The molecular formula is C17H29N3O. The molecule has 1 rings (SSSR count). The fourth-order valence-corrected chi connectivity index (χ4v) is 2.18. The minimum Gasteiger partial charge on any atom is -0.382 e. The molecule has 0 radical (unpaired) electrons. The van der Waals surface area contributed by atoms with Crippen LogP contribution in [-0.4, -0.2) is 55.5 Å². The van der Waals surface area contributed by atoms with Crippen molar-refractivity contribution in [2.45, 2.75) is 33.2 Å². The molecule has 1 N–H and O–H groups in total. The summed E-state index contributed by atoms with van der Waals surface area (Å²) in [5.74, 6) is 0.113. The van der Waals surface area contributed by atoms with E-state index in [1.54, 1.807) is 0 Å². The van der Waals surface area contributed by atoms with Crippen LogP contribution in [0.1, 0.15) is 37.6 Å². The van der Waals surface area contributed by atoms with Crippen molar-refractivity contribution in [2.24, 2.45) is 0 Å². The second-order valence-corrected chi connectivity index (χ2v) is 5.94. The fraction of sp³-hybridized carbons (Fsp3) is 0.588. The Balaban J connectivity index is 2.92. The second kappa shape index (κ2) is 8.67. The molecule has 0 unspecified atom stereocenters. The number of nitrogens with one attached hydrogen (secondary N) is 1. The lowest BCUT2D eigenvalue weighted by atomic mass is 10.1.